The van der Waals surface area contributed by atoms with Crippen LogP contribution < -0.4 is 10.4 Å². The molecular weight excluding hydrogens is 609 g/mol. The Bertz CT molecular complexity index is 880. The van der Waals surface area contributed by atoms with Crippen molar-refractivity contribution < 1.29 is 23.4 Å². The standard InChI is InChI=1S/C17H14O3.C3H8O.2HI.V/c1-11-16(12-6-4-3-5-7-12)14-9-8-13(19-2)10-15(14)20-17(11)18;1-3-4-2;;;/h3-10H,1-2H3;3H2,1-2H3;2*1H;/q;;;;+2/p-2. The molecule has 0 radical (unpaired) electrons. The van der Waals surface area contributed by atoms with E-state index in [2.05, 4.69) is 44.7 Å². The predicted molar refractivity (Wildman–Crippen MR) is 125 cm³/mol. The van der Waals surface area contributed by atoms with Crippen molar-refractivity contribution in [2.24, 2.45) is 0 Å². The van der Waals surface area contributed by atoms with Crippen LogP contribution in [0.4, 0.5) is 0 Å². The Balaban J connectivity index is 0.000000453. The van der Waals surface area contributed by atoms with Gasteiger partial charge in [-0.1, -0.05) is 30.3 Å². The van der Waals surface area contributed by atoms with Gasteiger partial charge >= 0.3 is 55.0 Å². The average molecular weight is 631 g/mol. The summed E-state index contributed by atoms with van der Waals surface area (Å²) in [5.41, 5.74) is 2.77. The van der Waals surface area contributed by atoms with E-state index in [0.29, 0.717) is 26.4 Å². The predicted octanol–water partition coefficient (Wildman–Crippen LogP) is 6.20. The number of methoxy groups -OCH3 is 2. The van der Waals surface area contributed by atoms with Crippen LogP contribution >= 0.6 is 40.0 Å². The number of hydrogen-bond acceptors (Lipinski definition) is 4. The van der Waals surface area contributed by atoms with E-state index >= 15 is 0 Å². The fraction of sp³-hybridized carbons (Fsp3) is 0.250. The van der Waals surface area contributed by atoms with E-state index in [1.54, 1.807) is 27.2 Å². The number of ether oxygens (including phenoxy) is 2. The van der Waals surface area contributed by atoms with Crippen LogP contribution in [0, 0.1) is 6.92 Å². The van der Waals surface area contributed by atoms with E-state index in [-0.39, 0.29) is 5.63 Å². The summed E-state index contributed by atoms with van der Waals surface area (Å²) in [5, 5.41) is 0.911. The van der Waals surface area contributed by atoms with Crippen LogP contribution in [0.2, 0.25) is 0 Å². The fourth-order valence-corrected chi connectivity index (χ4v) is 2.38. The van der Waals surface area contributed by atoms with E-state index < -0.39 is 0 Å². The summed E-state index contributed by atoms with van der Waals surface area (Å²) in [6.07, 6.45) is 0. The first-order valence-electron chi connectivity index (χ1n) is 8.12. The molecule has 0 atom stereocenters. The zero-order chi connectivity index (χ0) is 20.2. The Labute approximate surface area is 188 Å². The van der Waals surface area contributed by atoms with Gasteiger partial charge in [-0.25, -0.2) is 4.79 Å². The first-order valence-corrected chi connectivity index (χ1v) is 17.1. The quantitative estimate of drug-likeness (QED) is 0.256. The molecule has 0 saturated carbocycles. The van der Waals surface area contributed by atoms with Crippen molar-refractivity contribution in [1.29, 1.82) is 0 Å². The average Bonchev–Trinajstić information content (AvgIpc) is 2.70. The van der Waals surface area contributed by atoms with Gasteiger partial charge in [0.05, 0.1) is 7.11 Å². The van der Waals surface area contributed by atoms with E-state index in [1.165, 1.54) is 0 Å². The van der Waals surface area contributed by atoms with Crippen molar-refractivity contribution >= 4 is 50.9 Å². The molecule has 0 fully saturated rings. The van der Waals surface area contributed by atoms with Gasteiger partial charge in [0.1, 0.15) is 11.3 Å². The molecule has 1 aromatic heterocycles. The molecule has 0 amide bonds. The minimum absolute atomic E-state index is 0.315. The van der Waals surface area contributed by atoms with Gasteiger partial charge < -0.3 is 13.9 Å². The second kappa shape index (κ2) is 13.6. The van der Waals surface area contributed by atoms with E-state index in [9.17, 15) is 4.79 Å². The van der Waals surface area contributed by atoms with Gasteiger partial charge in [0.2, 0.25) is 0 Å². The molecule has 0 saturated heterocycles. The fourth-order valence-electron chi connectivity index (χ4n) is 2.38. The van der Waals surface area contributed by atoms with Crippen LogP contribution in [0.1, 0.15) is 12.5 Å². The van der Waals surface area contributed by atoms with Gasteiger partial charge in [-0.15, -0.1) is 0 Å². The van der Waals surface area contributed by atoms with Crippen molar-refractivity contribution in [3.63, 3.8) is 0 Å². The topological polar surface area (TPSA) is 48.7 Å². The van der Waals surface area contributed by atoms with E-state index in [4.69, 9.17) is 9.15 Å². The van der Waals surface area contributed by atoms with Gasteiger partial charge in [-0.3, -0.25) is 0 Å². The Hall–Kier alpha value is -0.546. The van der Waals surface area contributed by atoms with Gasteiger partial charge in [0, 0.05) is 36.3 Å². The Morgan fingerprint density at radius 1 is 1.07 bits per heavy atom. The summed E-state index contributed by atoms with van der Waals surface area (Å²) in [5.74, 6) is 0.670. The molecule has 3 rings (SSSR count). The Kier molecular flexibility index (Phi) is 12.3. The van der Waals surface area contributed by atoms with Crippen molar-refractivity contribution in [3.05, 3.63) is 64.5 Å². The molecule has 0 aliphatic rings. The number of benzene rings is 2. The second-order valence-corrected chi connectivity index (χ2v) is 17.0. The van der Waals surface area contributed by atoms with E-state index in [0.717, 1.165) is 23.1 Å². The number of halogens is 2. The molecule has 7 heteroatoms. The van der Waals surface area contributed by atoms with Crippen molar-refractivity contribution in [3.8, 4) is 16.9 Å². The molecule has 0 N–H and O–H groups in total. The first-order chi connectivity index (χ1) is 13.0. The van der Waals surface area contributed by atoms with Crippen LogP contribution in [0.25, 0.3) is 22.1 Å². The van der Waals surface area contributed by atoms with Crippen LogP contribution in [-0.4, -0.2) is 20.8 Å². The molecule has 4 nitrogen and oxygen atoms in total. The Morgan fingerprint density at radius 2 is 1.67 bits per heavy atom. The van der Waals surface area contributed by atoms with Crippen LogP contribution in [0.15, 0.2) is 57.7 Å². The molecule has 27 heavy (non-hydrogen) atoms. The summed E-state index contributed by atoms with van der Waals surface area (Å²) in [6.45, 7) is 4.57. The summed E-state index contributed by atoms with van der Waals surface area (Å²) in [4.78, 5) is 12.0. The van der Waals surface area contributed by atoms with Crippen molar-refractivity contribution in [2.45, 2.75) is 13.8 Å². The van der Waals surface area contributed by atoms with Crippen molar-refractivity contribution in [1.82, 2.24) is 0 Å². The van der Waals surface area contributed by atoms with Crippen LogP contribution in [0.3, 0.4) is 0 Å². The van der Waals surface area contributed by atoms with Gasteiger partial charge in [-0.2, -0.15) is 0 Å². The maximum absolute atomic E-state index is 12.0. The molecule has 0 spiro atoms. The number of fused-ring (bicyclic) bond motifs is 1. The third kappa shape index (κ3) is 7.42. The molecule has 0 bridgehead atoms. The van der Waals surface area contributed by atoms with Gasteiger partial charge in [0.15, 0.2) is 0 Å². The number of rotatable bonds is 3. The summed E-state index contributed by atoms with van der Waals surface area (Å²) < 4.78 is 15.1. The normalized spacial score (nSPS) is 9.56. The summed E-state index contributed by atoms with van der Waals surface area (Å²) >= 11 is 4.74. The molecule has 0 unspecified atom stereocenters. The zero-order valence-corrected chi connectivity index (χ0v) is 21.4. The zero-order valence-electron chi connectivity index (χ0n) is 15.7. The molecule has 1 heterocycles. The van der Waals surface area contributed by atoms with Gasteiger partial charge in [-0.05, 0) is 31.5 Å². The maximum atomic E-state index is 12.0. The van der Waals surface area contributed by atoms with Crippen molar-refractivity contribution in [2.75, 3.05) is 20.8 Å². The van der Waals surface area contributed by atoms with E-state index in [1.807, 2.05) is 49.4 Å². The third-order valence-electron chi connectivity index (χ3n) is 3.69. The first kappa shape index (κ1) is 24.5. The van der Waals surface area contributed by atoms with Crippen LogP contribution in [-0.2, 0) is 14.2 Å². The Morgan fingerprint density at radius 3 is 2.19 bits per heavy atom. The molecule has 2 aromatic carbocycles. The summed E-state index contributed by atoms with van der Waals surface area (Å²) in [7, 11) is 3.90. The SMILES string of the molecule is CCOC.COc1ccc2c(-c3ccccc3)c(C)c(=O)oc2c1.[I][V][I]. The van der Waals surface area contributed by atoms with Crippen LogP contribution in [0.5, 0.6) is 5.75 Å². The van der Waals surface area contributed by atoms with Gasteiger partial charge in [0.25, 0.3) is 0 Å². The molecule has 0 aliphatic heterocycles. The third-order valence-corrected chi connectivity index (χ3v) is 3.69. The number of hydrogen-bond donors (Lipinski definition) is 0. The molecule has 3 aromatic rings. The molecule has 145 valence electrons. The minimum atomic E-state index is -0.315. The molecular formula is C20H22I2O4V. The second-order valence-electron chi connectivity index (χ2n) is 5.26. The monoisotopic (exact) mass is 631 g/mol. The summed E-state index contributed by atoms with van der Waals surface area (Å²) in [6, 6.07) is 15.4. The molecule has 0 aliphatic carbocycles.